The van der Waals surface area contributed by atoms with Crippen LogP contribution in [-0.2, 0) is 13.5 Å². The van der Waals surface area contributed by atoms with E-state index in [9.17, 15) is 0 Å². The lowest BCUT2D eigenvalue weighted by atomic mass is 9.94. The van der Waals surface area contributed by atoms with E-state index >= 15 is 0 Å². The summed E-state index contributed by atoms with van der Waals surface area (Å²) in [5, 5.41) is 7.73. The van der Waals surface area contributed by atoms with Crippen LogP contribution in [0.4, 0.5) is 0 Å². The van der Waals surface area contributed by atoms with Crippen LogP contribution in [0.5, 0.6) is 0 Å². The second kappa shape index (κ2) is 8.42. The minimum absolute atomic E-state index is 0.846. The topological polar surface area (TPSA) is 33.1 Å². The predicted octanol–water partition coefficient (Wildman–Crippen LogP) is 2.21. The van der Waals surface area contributed by atoms with Gasteiger partial charge in [-0.15, -0.1) is 0 Å². The van der Waals surface area contributed by atoms with Crippen molar-refractivity contribution >= 4 is 0 Å². The monoisotopic (exact) mass is 278 g/mol. The second-order valence-corrected chi connectivity index (χ2v) is 6.07. The molecule has 1 aliphatic carbocycles. The van der Waals surface area contributed by atoms with Crippen LogP contribution >= 0.6 is 0 Å². The van der Waals surface area contributed by atoms with Gasteiger partial charge in [0.15, 0.2) is 0 Å². The standard InChI is InChI=1S/C16H30N4/c1-19(15-7-4-3-5-8-15)14-6-11-17-12-9-16-10-13-18-20(16)2/h10,13,15,17H,3-9,11-12,14H2,1-2H3. The molecule has 0 saturated heterocycles. The molecule has 0 amide bonds. The van der Waals surface area contributed by atoms with Crippen molar-refractivity contribution in [3.63, 3.8) is 0 Å². The molecule has 2 rings (SSSR count). The van der Waals surface area contributed by atoms with Gasteiger partial charge >= 0.3 is 0 Å². The zero-order chi connectivity index (χ0) is 14.2. The van der Waals surface area contributed by atoms with E-state index in [0.717, 1.165) is 25.6 Å². The molecule has 0 unspecified atom stereocenters. The van der Waals surface area contributed by atoms with Gasteiger partial charge in [-0.25, -0.2) is 0 Å². The van der Waals surface area contributed by atoms with Crippen molar-refractivity contribution < 1.29 is 0 Å². The molecule has 0 atom stereocenters. The van der Waals surface area contributed by atoms with Crippen LogP contribution < -0.4 is 5.32 Å². The summed E-state index contributed by atoms with van der Waals surface area (Å²) in [5.74, 6) is 0. The van der Waals surface area contributed by atoms with Gasteiger partial charge in [-0.05, 0) is 45.5 Å². The molecule has 1 aliphatic rings. The zero-order valence-electron chi connectivity index (χ0n) is 13.1. The molecule has 4 nitrogen and oxygen atoms in total. The first-order chi connectivity index (χ1) is 9.77. The Balaban J connectivity index is 1.50. The van der Waals surface area contributed by atoms with Crippen molar-refractivity contribution in [3.05, 3.63) is 18.0 Å². The highest BCUT2D eigenvalue weighted by atomic mass is 15.3. The number of rotatable bonds is 8. The third kappa shape index (κ3) is 4.91. The summed E-state index contributed by atoms with van der Waals surface area (Å²) in [6.45, 7) is 3.39. The molecule has 1 N–H and O–H groups in total. The van der Waals surface area contributed by atoms with Gasteiger partial charge in [0.2, 0.25) is 0 Å². The zero-order valence-corrected chi connectivity index (χ0v) is 13.1. The third-order valence-corrected chi connectivity index (χ3v) is 4.54. The van der Waals surface area contributed by atoms with Crippen molar-refractivity contribution in [2.24, 2.45) is 7.05 Å². The van der Waals surface area contributed by atoms with Crippen LogP contribution in [0, 0.1) is 0 Å². The van der Waals surface area contributed by atoms with E-state index in [4.69, 9.17) is 0 Å². The Bertz CT molecular complexity index is 368. The van der Waals surface area contributed by atoms with E-state index in [2.05, 4.69) is 28.4 Å². The van der Waals surface area contributed by atoms with E-state index in [1.54, 1.807) is 0 Å². The largest absolute Gasteiger partial charge is 0.316 e. The lowest BCUT2D eigenvalue weighted by molar-refractivity contribution is 0.189. The number of hydrogen-bond donors (Lipinski definition) is 1. The molecule has 0 aromatic carbocycles. The molecule has 0 radical (unpaired) electrons. The average molecular weight is 278 g/mol. The highest BCUT2D eigenvalue weighted by Crippen LogP contribution is 2.21. The number of nitrogens with one attached hydrogen (secondary N) is 1. The molecule has 4 heteroatoms. The van der Waals surface area contributed by atoms with Crippen LogP contribution in [0.25, 0.3) is 0 Å². The van der Waals surface area contributed by atoms with Gasteiger partial charge in [0.1, 0.15) is 0 Å². The fourth-order valence-electron chi connectivity index (χ4n) is 3.15. The molecule has 114 valence electrons. The Kier molecular flexibility index (Phi) is 6.54. The van der Waals surface area contributed by atoms with Gasteiger partial charge in [-0.1, -0.05) is 19.3 Å². The van der Waals surface area contributed by atoms with Gasteiger partial charge in [0.25, 0.3) is 0 Å². The van der Waals surface area contributed by atoms with Crippen molar-refractivity contribution in [2.75, 3.05) is 26.7 Å². The minimum atomic E-state index is 0.846. The predicted molar refractivity (Wildman–Crippen MR) is 83.9 cm³/mol. The van der Waals surface area contributed by atoms with E-state index in [0.29, 0.717) is 0 Å². The maximum atomic E-state index is 4.19. The summed E-state index contributed by atoms with van der Waals surface area (Å²) in [5.41, 5.74) is 1.30. The molecule has 1 aromatic rings. The first-order valence-corrected chi connectivity index (χ1v) is 8.15. The smallest absolute Gasteiger partial charge is 0.0492 e. The molecule has 0 bridgehead atoms. The van der Waals surface area contributed by atoms with Crippen LogP contribution in [0.2, 0.25) is 0 Å². The fraction of sp³-hybridized carbons (Fsp3) is 0.812. The number of hydrogen-bond acceptors (Lipinski definition) is 3. The number of aromatic nitrogens is 2. The van der Waals surface area contributed by atoms with E-state index < -0.39 is 0 Å². The Labute approximate surface area is 123 Å². The Hall–Kier alpha value is -0.870. The van der Waals surface area contributed by atoms with Crippen molar-refractivity contribution in [1.29, 1.82) is 0 Å². The normalized spacial score (nSPS) is 16.9. The SMILES string of the molecule is CN(CCCNCCc1ccnn1C)C1CCCCC1. The Morgan fingerprint density at radius 3 is 2.80 bits per heavy atom. The molecule has 1 heterocycles. The Morgan fingerprint density at radius 1 is 1.30 bits per heavy atom. The summed E-state index contributed by atoms with van der Waals surface area (Å²) in [4.78, 5) is 2.57. The molecule has 1 fully saturated rings. The second-order valence-electron chi connectivity index (χ2n) is 6.07. The molecule has 0 aliphatic heterocycles. The third-order valence-electron chi connectivity index (χ3n) is 4.54. The van der Waals surface area contributed by atoms with E-state index in [1.165, 1.54) is 50.8 Å². The van der Waals surface area contributed by atoms with E-state index in [-0.39, 0.29) is 0 Å². The highest BCUT2D eigenvalue weighted by molar-refractivity contribution is 5.00. The van der Waals surface area contributed by atoms with Crippen LogP contribution in [0.1, 0.15) is 44.2 Å². The van der Waals surface area contributed by atoms with Gasteiger partial charge in [0, 0.05) is 37.9 Å². The molecule has 20 heavy (non-hydrogen) atoms. The van der Waals surface area contributed by atoms with Gasteiger partial charge in [-0.2, -0.15) is 5.10 Å². The molecule has 0 spiro atoms. The summed E-state index contributed by atoms with van der Waals surface area (Å²) in [7, 11) is 4.31. The maximum absolute atomic E-state index is 4.19. The number of nitrogens with zero attached hydrogens (tertiary/aromatic N) is 3. The molecule has 1 saturated carbocycles. The van der Waals surface area contributed by atoms with Crippen molar-refractivity contribution in [2.45, 2.75) is 51.0 Å². The average Bonchev–Trinajstić information content (AvgIpc) is 2.89. The highest BCUT2D eigenvalue weighted by Gasteiger charge is 2.16. The van der Waals surface area contributed by atoms with Crippen molar-refractivity contribution in [1.82, 2.24) is 20.0 Å². The lowest BCUT2D eigenvalue weighted by Gasteiger charge is -2.31. The van der Waals surface area contributed by atoms with Crippen LogP contribution in [-0.4, -0.2) is 47.4 Å². The summed E-state index contributed by atoms with van der Waals surface area (Å²) >= 11 is 0. The fourth-order valence-corrected chi connectivity index (χ4v) is 3.15. The number of aryl methyl sites for hydroxylation is 1. The summed E-state index contributed by atoms with van der Waals surface area (Å²) in [6, 6.07) is 2.94. The van der Waals surface area contributed by atoms with Gasteiger partial charge in [-0.3, -0.25) is 4.68 Å². The summed E-state index contributed by atoms with van der Waals surface area (Å²) in [6.07, 6.45) is 11.3. The molecule has 1 aromatic heterocycles. The van der Waals surface area contributed by atoms with Crippen molar-refractivity contribution in [3.8, 4) is 0 Å². The maximum Gasteiger partial charge on any atom is 0.0492 e. The molecular weight excluding hydrogens is 248 g/mol. The quantitative estimate of drug-likeness (QED) is 0.740. The lowest BCUT2D eigenvalue weighted by Crippen LogP contribution is -2.35. The van der Waals surface area contributed by atoms with Gasteiger partial charge < -0.3 is 10.2 Å². The summed E-state index contributed by atoms with van der Waals surface area (Å²) < 4.78 is 1.96. The minimum Gasteiger partial charge on any atom is -0.316 e. The molecular formula is C16H30N4. The Morgan fingerprint density at radius 2 is 2.10 bits per heavy atom. The van der Waals surface area contributed by atoms with Crippen LogP contribution in [0.15, 0.2) is 12.3 Å². The first-order valence-electron chi connectivity index (χ1n) is 8.15. The van der Waals surface area contributed by atoms with Gasteiger partial charge in [0.05, 0.1) is 0 Å². The van der Waals surface area contributed by atoms with Crippen LogP contribution in [0.3, 0.4) is 0 Å². The first kappa shape index (κ1) is 15.5. The van der Waals surface area contributed by atoms with E-state index in [1.807, 2.05) is 17.9 Å².